The largest absolute Gasteiger partial charge is 0.315 e. The van der Waals surface area contributed by atoms with Crippen LogP contribution in [0.1, 0.15) is 18.4 Å². The Balaban J connectivity index is 2.65. The molecule has 1 aromatic heterocycles. The molecule has 72 valence electrons. The van der Waals surface area contributed by atoms with E-state index in [1.54, 1.807) is 10.6 Å². The summed E-state index contributed by atoms with van der Waals surface area (Å²) in [5, 5.41) is 0. The minimum absolute atomic E-state index is 0.110. The lowest BCUT2D eigenvalue weighted by Crippen LogP contribution is -2.18. The van der Waals surface area contributed by atoms with Crippen LogP contribution in [0.4, 0.5) is 0 Å². The maximum atomic E-state index is 11.3. The van der Waals surface area contributed by atoms with Crippen molar-refractivity contribution >= 4 is 22.6 Å². The van der Waals surface area contributed by atoms with Crippen LogP contribution in [0, 0.1) is 6.92 Å². The number of halogens is 1. The molecular weight excluding hydrogens is 277 g/mol. The van der Waals surface area contributed by atoms with Crippen LogP contribution >= 0.6 is 22.6 Å². The molecule has 0 fully saturated rings. The van der Waals surface area contributed by atoms with E-state index in [9.17, 15) is 4.79 Å². The molecule has 0 spiro atoms. The molecule has 0 aliphatic carbocycles. The number of unbranched alkanes of at least 4 members (excludes halogenated alkanes) is 1. The van der Waals surface area contributed by atoms with Crippen molar-refractivity contribution in [1.82, 2.24) is 4.57 Å². The van der Waals surface area contributed by atoms with Crippen LogP contribution in [-0.4, -0.2) is 8.99 Å². The Bertz CT molecular complexity index is 319. The molecule has 0 radical (unpaired) electrons. The molecule has 0 aliphatic heterocycles. The lowest BCUT2D eigenvalue weighted by Gasteiger charge is -2.04. The van der Waals surface area contributed by atoms with Crippen molar-refractivity contribution in [3.05, 3.63) is 34.2 Å². The maximum Gasteiger partial charge on any atom is 0.250 e. The van der Waals surface area contributed by atoms with Crippen LogP contribution in [0.15, 0.2) is 23.1 Å². The fourth-order valence-corrected chi connectivity index (χ4v) is 1.74. The molecule has 0 N–H and O–H groups in total. The van der Waals surface area contributed by atoms with Gasteiger partial charge in [-0.25, -0.2) is 0 Å². The Morgan fingerprint density at radius 1 is 1.38 bits per heavy atom. The van der Waals surface area contributed by atoms with Crippen molar-refractivity contribution < 1.29 is 0 Å². The van der Waals surface area contributed by atoms with Crippen LogP contribution in [-0.2, 0) is 6.54 Å². The van der Waals surface area contributed by atoms with Crippen molar-refractivity contribution in [1.29, 1.82) is 0 Å². The van der Waals surface area contributed by atoms with Gasteiger partial charge in [0, 0.05) is 18.8 Å². The highest BCUT2D eigenvalue weighted by atomic mass is 127. The summed E-state index contributed by atoms with van der Waals surface area (Å²) in [6.07, 6.45) is 4.20. The van der Waals surface area contributed by atoms with E-state index in [-0.39, 0.29) is 5.56 Å². The minimum Gasteiger partial charge on any atom is -0.315 e. The summed E-state index contributed by atoms with van der Waals surface area (Å²) in [7, 11) is 0. The standard InChI is InChI=1S/C10H14INO/c1-9-4-5-10(13)12(8-9)7-3-2-6-11/h4-5,8H,2-3,6-7H2,1H3. The molecule has 0 aliphatic rings. The van der Waals surface area contributed by atoms with Gasteiger partial charge in [0.1, 0.15) is 0 Å². The number of aryl methyl sites for hydroxylation is 2. The molecule has 1 heterocycles. The lowest BCUT2D eigenvalue weighted by molar-refractivity contribution is 0.616. The van der Waals surface area contributed by atoms with Gasteiger partial charge < -0.3 is 4.57 Å². The number of hydrogen-bond donors (Lipinski definition) is 0. The van der Waals surface area contributed by atoms with Crippen molar-refractivity contribution in [3.63, 3.8) is 0 Å². The molecule has 0 aromatic carbocycles. The Morgan fingerprint density at radius 2 is 2.15 bits per heavy atom. The van der Waals surface area contributed by atoms with Crippen LogP contribution in [0.2, 0.25) is 0 Å². The summed E-state index contributed by atoms with van der Waals surface area (Å²) in [5.41, 5.74) is 1.26. The molecule has 2 nitrogen and oxygen atoms in total. The van der Waals surface area contributed by atoms with Crippen molar-refractivity contribution in [2.24, 2.45) is 0 Å². The summed E-state index contributed by atoms with van der Waals surface area (Å²) in [6.45, 7) is 2.86. The van der Waals surface area contributed by atoms with Gasteiger partial charge in [0.2, 0.25) is 0 Å². The quantitative estimate of drug-likeness (QED) is 0.474. The first-order chi connectivity index (χ1) is 6.24. The highest BCUT2D eigenvalue weighted by Crippen LogP contribution is 1.98. The van der Waals surface area contributed by atoms with Gasteiger partial charge in [-0.3, -0.25) is 4.79 Å². The van der Waals surface area contributed by atoms with E-state index in [0.29, 0.717) is 0 Å². The minimum atomic E-state index is 0.110. The molecule has 1 rings (SSSR count). The Labute approximate surface area is 92.1 Å². The summed E-state index contributed by atoms with van der Waals surface area (Å²) in [4.78, 5) is 11.3. The molecule has 0 amide bonds. The summed E-state index contributed by atoms with van der Waals surface area (Å²) < 4.78 is 2.96. The second-order valence-corrected chi connectivity index (χ2v) is 4.21. The van der Waals surface area contributed by atoms with E-state index in [0.717, 1.165) is 18.5 Å². The van der Waals surface area contributed by atoms with E-state index < -0.39 is 0 Å². The van der Waals surface area contributed by atoms with Crippen molar-refractivity contribution in [2.75, 3.05) is 4.43 Å². The molecular formula is C10H14INO. The lowest BCUT2D eigenvalue weighted by atomic mass is 10.3. The van der Waals surface area contributed by atoms with Crippen LogP contribution < -0.4 is 5.56 Å². The topological polar surface area (TPSA) is 22.0 Å². The average molecular weight is 291 g/mol. The molecule has 0 saturated heterocycles. The normalized spacial score (nSPS) is 10.3. The van der Waals surface area contributed by atoms with Gasteiger partial charge in [-0.15, -0.1) is 0 Å². The first-order valence-electron chi connectivity index (χ1n) is 4.47. The van der Waals surface area contributed by atoms with Gasteiger partial charge in [-0.1, -0.05) is 28.7 Å². The first-order valence-corrected chi connectivity index (χ1v) is 5.99. The molecule has 0 saturated carbocycles. The SMILES string of the molecule is Cc1ccc(=O)n(CCCCI)c1. The number of hydrogen-bond acceptors (Lipinski definition) is 1. The van der Waals surface area contributed by atoms with E-state index in [1.165, 1.54) is 10.8 Å². The molecule has 1 aromatic rings. The fraction of sp³-hybridized carbons (Fsp3) is 0.500. The zero-order valence-electron chi connectivity index (χ0n) is 7.79. The monoisotopic (exact) mass is 291 g/mol. The number of aromatic nitrogens is 1. The molecule has 0 bridgehead atoms. The third kappa shape index (κ3) is 3.50. The number of pyridine rings is 1. The van der Waals surface area contributed by atoms with Crippen LogP contribution in [0.5, 0.6) is 0 Å². The number of alkyl halides is 1. The van der Waals surface area contributed by atoms with E-state index in [4.69, 9.17) is 0 Å². The summed E-state index contributed by atoms with van der Waals surface area (Å²) in [6, 6.07) is 3.50. The molecule has 3 heteroatoms. The number of rotatable bonds is 4. The average Bonchev–Trinajstić information content (AvgIpc) is 2.11. The van der Waals surface area contributed by atoms with Crippen molar-refractivity contribution in [3.8, 4) is 0 Å². The van der Waals surface area contributed by atoms with Gasteiger partial charge in [-0.2, -0.15) is 0 Å². The van der Waals surface area contributed by atoms with Crippen molar-refractivity contribution in [2.45, 2.75) is 26.3 Å². The maximum absolute atomic E-state index is 11.3. The third-order valence-electron chi connectivity index (χ3n) is 1.91. The van der Waals surface area contributed by atoms with E-state index >= 15 is 0 Å². The van der Waals surface area contributed by atoms with Crippen LogP contribution in [0.25, 0.3) is 0 Å². The van der Waals surface area contributed by atoms with Gasteiger partial charge in [-0.05, 0) is 29.8 Å². The van der Waals surface area contributed by atoms with Gasteiger partial charge in [0.25, 0.3) is 5.56 Å². The van der Waals surface area contributed by atoms with E-state index in [2.05, 4.69) is 22.6 Å². The highest BCUT2D eigenvalue weighted by Gasteiger charge is 1.95. The summed E-state index contributed by atoms with van der Waals surface area (Å²) in [5.74, 6) is 0. The molecule has 13 heavy (non-hydrogen) atoms. The van der Waals surface area contributed by atoms with E-state index in [1.807, 2.05) is 19.2 Å². The Hall–Kier alpha value is -0.320. The zero-order chi connectivity index (χ0) is 9.68. The zero-order valence-corrected chi connectivity index (χ0v) is 9.95. The van der Waals surface area contributed by atoms with Gasteiger partial charge >= 0.3 is 0 Å². The number of nitrogens with zero attached hydrogens (tertiary/aromatic N) is 1. The van der Waals surface area contributed by atoms with Gasteiger partial charge in [0.15, 0.2) is 0 Å². The Kier molecular flexibility index (Phi) is 4.48. The second-order valence-electron chi connectivity index (χ2n) is 3.13. The summed E-state index contributed by atoms with van der Waals surface area (Å²) >= 11 is 2.36. The molecule has 0 unspecified atom stereocenters. The van der Waals surface area contributed by atoms with Gasteiger partial charge in [0.05, 0.1) is 0 Å². The van der Waals surface area contributed by atoms with Crippen LogP contribution in [0.3, 0.4) is 0 Å². The smallest absolute Gasteiger partial charge is 0.250 e. The Morgan fingerprint density at radius 3 is 2.85 bits per heavy atom. The molecule has 0 atom stereocenters. The fourth-order valence-electron chi connectivity index (χ4n) is 1.20. The predicted molar refractivity (Wildman–Crippen MR) is 63.6 cm³/mol. The first kappa shape index (κ1) is 10.8. The predicted octanol–water partition coefficient (Wildman–Crippen LogP) is 2.37. The second kappa shape index (κ2) is 5.42. The highest BCUT2D eigenvalue weighted by molar-refractivity contribution is 14.1. The third-order valence-corrected chi connectivity index (χ3v) is 2.68.